The van der Waals surface area contributed by atoms with Crippen LogP contribution in [0.1, 0.15) is 5.82 Å². The maximum absolute atomic E-state index is 6.11. The lowest BCUT2D eigenvalue weighted by Gasteiger charge is -2.27. The molecule has 1 fully saturated rings. The van der Waals surface area contributed by atoms with Crippen LogP contribution in [0.15, 0.2) is 49.1 Å². The second kappa shape index (κ2) is 8.30. The van der Waals surface area contributed by atoms with E-state index in [0.29, 0.717) is 28.9 Å². The van der Waals surface area contributed by atoms with Crippen LogP contribution in [0.25, 0.3) is 27.9 Å². The molecule has 0 radical (unpaired) electrons. The molecule has 0 atom stereocenters. The molecule has 166 valence electrons. The summed E-state index contributed by atoms with van der Waals surface area (Å²) < 4.78 is 1.93. The third kappa shape index (κ3) is 3.83. The number of H-pyrrole nitrogens is 1. The largest absolute Gasteiger partial charge is 0.361 e. The third-order valence-electron chi connectivity index (χ3n) is 5.62. The van der Waals surface area contributed by atoms with Crippen molar-refractivity contribution in [3.63, 3.8) is 0 Å². The summed E-state index contributed by atoms with van der Waals surface area (Å²) in [7, 11) is 0. The van der Waals surface area contributed by atoms with E-state index in [1.54, 1.807) is 18.7 Å². The summed E-state index contributed by atoms with van der Waals surface area (Å²) in [5.41, 5.74) is 4.08. The zero-order valence-electron chi connectivity index (χ0n) is 17.7. The minimum absolute atomic E-state index is 0.458. The number of benzene rings is 1. The van der Waals surface area contributed by atoms with Gasteiger partial charge in [-0.1, -0.05) is 11.6 Å². The molecule has 1 saturated heterocycles. The number of piperazine rings is 1. The Morgan fingerprint density at radius 2 is 2.00 bits per heavy atom. The molecular formula is C22H21ClN10. The molecule has 33 heavy (non-hydrogen) atoms. The Hall–Kier alpha value is -3.76. The number of hydrogen-bond acceptors (Lipinski definition) is 8. The minimum atomic E-state index is 0.458. The fourth-order valence-electron chi connectivity index (χ4n) is 3.99. The summed E-state index contributed by atoms with van der Waals surface area (Å²) in [6, 6.07) is 9.48. The number of fused-ring (bicyclic) bond motifs is 2. The highest BCUT2D eigenvalue weighted by Gasteiger charge is 2.19. The van der Waals surface area contributed by atoms with E-state index >= 15 is 0 Å². The topological polar surface area (TPSA) is 112 Å². The summed E-state index contributed by atoms with van der Waals surface area (Å²) in [4.78, 5) is 28.7. The van der Waals surface area contributed by atoms with Crippen molar-refractivity contribution in [1.29, 1.82) is 0 Å². The molecular weight excluding hydrogens is 440 g/mol. The summed E-state index contributed by atoms with van der Waals surface area (Å²) in [6.07, 6.45) is 5.30. The van der Waals surface area contributed by atoms with E-state index in [1.165, 1.54) is 0 Å². The summed E-state index contributed by atoms with van der Waals surface area (Å²) in [5.74, 6) is 2.12. The van der Waals surface area contributed by atoms with E-state index in [1.807, 2.05) is 34.9 Å². The lowest BCUT2D eigenvalue weighted by molar-refractivity contribution is 0.580. The Balaban J connectivity index is 1.39. The van der Waals surface area contributed by atoms with Gasteiger partial charge in [-0.25, -0.2) is 9.97 Å². The maximum Gasteiger partial charge on any atom is 0.229 e. The van der Waals surface area contributed by atoms with Crippen LogP contribution < -0.4 is 15.5 Å². The normalized spacial score (nSPS) is 14.3. The van der Waals surface area contributed by atoms with Gasteiger partial charge in [-0.3, -0.25) is 9.55 Å². The van der Waals surface area contributed by atoms with Gasteiger partial charge in [0.2, 0.25) is 5.95 Å². The SMILES string of the molecule is Clc1ccc2nc(CNc3nc(N4CCNCC4)nc4c3ncn4-c3cccnc3)[nH]c2c1. The second-order valence-electron chi connectivity index (χ2n) is 7.81. The lowest BCUT2D eigenvalue weighted by Crippen LogP contribution is -2.44. The third-order valence-corrected chi connectivity index (χ3v) is 5.86. The van der Waals surface area contributed by atoms with Crippen molar-refractivity contribution in [2.75, 3.05) is 36.4 Å². The van der Waals surface area contributed by atoms with E-state index in [-0.39, 0.29) is 0 Å². The molecule has 1 aliphatic heterocycles. The number of nitrogens with zero attached hydrogens (tertiary/aromatic N) is 7. The number of anilines is 2. The number of rotatable bonds is 5. The fourth-order valence-corrected chi connectivity index (χ4v) is 4.16. The second-order valence-corrected chi connectivity index (χ2v) is 8.24. The number of nitrogens with one attached hydrogen (secondary N) is 3. The van der Waals surface area contributed by atoms with Gasteiger partial charge in [-0.05, 0) is 30.3 Å². The molecule has 6 rings (SSSR count). The first-order chi connectivity index (χ1) is 16.2. The number of hydrogen-bond donors (Lipinski definition) is 3. The van der Waals surface area contributed by atoms with Gasteiger partial charge >= 0.3 is 0 Å². The first-order valence-electron chi connectivity index (χ1n) is 10.7. The van der Waals surface area contributed by atoms with Crippen molar-refractivity contribution in [3.8, 4) is 5.69 Å². The molecule has 5 heterocycles. The Kier molecular flexibility index (Phi) is 5.00. The van der Waals surface area contributed by atoms with Crippen molar-refractivity contribution in [2.45, 2.75) is 6.54 Å². The smallest absolute Gasteiger partial charge is 0.229 e. The molecule has 0 bridgehead atoms. The molecule has 0 aliphatic carbocycles. The van der Waals surface area contributed by atoms with Crippen molar-refractivity contribution >= 4 is 45.6 Å². The van der Waals surface area contributed by atoms with Crippen LogP contribution in [0.5, 0.6) is 0 Å². The van der Waals surface area contributed by atoms with Gasteiger partial charge in [0.1, 0.15) is 12.2 Å². The van der Waals surface area contributed by atoms with Gasteiger partial charge in [-0.15, -0.1) is 0 Å². The van der Waals surface area contributed by atoms with Gasteiger partial charge in [0.15, 0.2) is 17.0 Å². The Bertz CT molecular complexity index is 1420. The fraction of sp³-hybridized carbons (Fsp3) is 0.227. The van der Waals surface area contributed by atoms with E-state index in [4.69, 9.17) is 21.6 Å². The van der Waals surface area contributed by atoms with Crippen LogP contribution in [-0.4, -0.2) is 60.6 Å². The van der Waals surface area contributed by atoms with Crippen molar-refractivity contribution in [3.05, 3.63) is 59.9 Å². The van der Waals surface area contributed by atoms with Gasteiger partial charge in [0.25, 0.3) is 0 Å². The molecule has 3 N–H and O–H groups in total. The number of aromatic nitrogens is 7. The predicted octanol–water partition coefficient (Wildman–Crippen LogP) is 2.76. The van der Waals surface area contributed by atoms with E-state index in [0.717, 1.165) is 54.4 Å². The molecule has 10 nitrogen and oxygen atoms in total. The average molecular weight is 461 g/mol. The standard InChI is InChI=1S/C22H21ClN10/c23-14-3-4-16-17(10-14)29-18(28-16)12-26-20-19-21(31-22(30-20)32-8-6-24-7-9-32)33(13-27-19)15-2-1-5-25-11-15/h1-5,10-11,13,24H,6-9,12H2,(H,28,29)(H,26,30,31). The highest BCUT2D eigenvalue weighted by atomic mass is 35.5. The van der Waals surface area contributed by atoms with Crippen LogP contribution in [0.2, 0.25) is 5.02 Å². The molecule has 0 unspecified atom stereocenters. The van der Waals surface area contributed by atoms with Crippen molar-refractivity contribution in [2.24, 2.45) is 0 Å². The van der Waals surface area contributed by atoms with E-state index < -0.39 is 0 Å². The quantitative estimate of drug-likeness (QED) is 0.367. The van der Waals surface area contributed by atoms with Gasteiger partial charge in [0, 0.05) is 37.4 Å². The molecule has 0 amide bonds. The van der Waals surface area contributed by atoms with E-state index in [9.17, 15) is 0 Å². The minimum Gasteiger partial charge on any atom is -0.361 e. The number of halogens is 1. The summed E-state index contributed by atoms with van der Waals surface area (Å²) in [5, 5.41) is 7.45. The van der Waals surface area contributed by atoms with Crippen LogP contribution in [0.4, 0.5) is 11.8 Å². The molecule has 4 aromatic heterocycles. The Labute approximate surface area is 194 Å². The van der Waals surface area contributed by atoms with Crippen molar-refractivity contribution in [1.82, 2.24) is 39.8 Å². The maximum atomic E-state index is 6.11. The van der Waals surface area contributed by atoms with E-state index in [2.05, 4.69) is 35.5 Å². The highest BCUT2D eigenvalue weighted by molar-refractivity contribution is 6.31. The van der Waals surface area contributed by atoms with Crippen LogP contribution >= 0.6 is 11.6 Å². The molecule has 1 aliphatic rings. The van der Waals surface area contributed by atoms with Crippen LogP contribution in [0.3, 0.4) is 0 Å². The first-order valence-corrected chi connectivity index (χ1v) is 11.1. The van der Waals surface area contributed by atoms with Crippen LogP contribution in [-0.2, 0) is 6.54 Å². The number of pyridine rings is 1. The van der Waals surface area contributed by atoms with Crippen molar-refractivity contribution < 1.29 is 0 Å². The van der Waals surface area contributed by atoms with Gasteiger partial charge in [-0.2, -0.15) is 9.97 Å². The molecule has 0 spiro atoms. The zero-order chi connectivity index (χ0) is 22.2. The molecule has 1 aromatic carbocycles. The summed E-state index contributed by atoms with van der Waals surface area (Å²) in [6.45, 7) is 3.94. The number of aromatic amines is 1. The Morgan fingerprint density at radius 1 is 1.09 bits per heavy atom. The van der Waals surface area contributed by atoms with Crippen LogP contribution in [0, 0.1) is 0 Å². The van der Waals surface area contributed by atoms with Gasteiger partial charge < -0.3 is 20.5 Å². The molecule has 0 saturated carbocycles. The predicted molar refractivity (Wildman–Crippen MR) is 128 cm³/mol. The first kappa shape index (κ1) is 19.9. The monoisotopic (exact) mass is 460 g/mol. The lowest BCUT2D eigenvalue weighted by atomic mass is 10.3. The summed E-state index contributed by atoms with van der Waals surface area (Å²) >= 11 is 6.11. The molecule has 11 heteroatoms. The Morgan fingerprint density at radius 3 is 2.85 bits per heavy atom. The molecule has 5 aromatic rings. The average Bonchev–Trinajstić information content (AvgIpc) is 3.47. The number of imidazole rings is 2. The zero-order valence-corrected chi connectivity index (χ0v) is 18.4. The highest BCUT2D eigenvalue weighted by Crippen LogP contribution is 2.26. The van der Waals surface area contributed by atoms with Gasteiger partial charge in [0.05, 0.1) is 29.5 Å².